The lowest BCUT2D eigenvalue weighted by Crippen LogP contribution is -2.52. The lowest BCUT2D eigenvalue weighted by molar-refractivity contribution is -0.140. The lowest BCUT2D eigenvalue weighted by Gasteiger charge is -2.33. The fraction of sp³-hybridized carbons (Fsp3) is 0.310. The molecule has 0 spiro atoms. The highest BCUT2D eigenvalue weighted by atomic mass is 35.5. The van der Waals surface area contributed by atoms with E-state index in [4.69, 9.17) is 32.7 Å². The Morgan fingerprint density at radius 2 is 1.54 bits per heavy atom. The van der Waals surface area contributed by atoms with Crippen LogP contribution in [0.15, 0.2) is 71.6 Å². The topological polar surface area (TPSA) is 105 Å². The molecule has 0 aliphatic carbocycles. The van der Waals surface area contributed by atoms with E-state index in [9.17, 15) is 18.0 Å². The molecule has 9 nitrogen and oxygen atoms in total. The van der Waals surface area contributed by atoms with Crippen molar-refractivity contribution in [1.29, 1.82) is 0 Å². The van der Waals surface area contributed by atoms with Gasteiger partial charge in [-0.1, -0.05) is 54.4 Å². The molecule has 0 radical (unpaired) electrons. The van der Waals surface area contributed by atoms with Crippen LogP contribution in [0.3, 0.4) is 0 Å². The fourth-order valence-electron chi connectivity index (χ4n) is 4.29. The number of nitrogens with zero attached hydrogens (tertiary/aromatic N) is 2. The maximum absolute atomic E-state index is 14.1. The average molecular weight is 623 g/mol. The van der Waals surface area contributed by atoms with E-state index in [1.165, 1.54) is 37.3 Å². The molecular formula is C29H33Cl2N3O6S. The average Bonchev–Trinajstić information content (AvgIpc) is 2.97. The van der Waals surface area contributed by atoms with E-state index in [2.05, 4.69) is 5.32 Å². The molecule has 12 heteroatoms. The molecule has 3 aromatic rings. The van der Waals surface area contributed by atoms with Crippen LogP contribution >= 0.6 is 23.2 Å². The van der Waals surface area contributed by atoms with Gasteiger partial charge in [0.2, 0.25) is 11.8 Å². The summed E-state index contributed by atoms with van der Waals surface area (Å²) in [5.41, 5.74) is 0.707. The van der Waals surface area contributed by atoms with Gasteiger partial charge in [-0.15, -0.1) is 0 Å². The second-order valence-corrected chi connectivity index (χ2v) is 11.6. The maximum atomic E-state index is 14.1. The summed E-state index contributed by atoms with van der Waals surface area (Å²) in [6, 6.07) is 16.5. The SMILES string of the molecule is CCNC(=O)[C@@H](CC)N(Cc1c(Cl)cccc1Cl)C(=O)CN(c1ccccc1)S(=O)(=O)c1ccc(OC)c(OC)c1. The van der Waals surface area contributed by atoms with Crippen LogP contribution in [0.4, 0.5) is 5.69 Å². The molecule has 0 saturated heterocycles. The molecule has 2 amide bonds. The molecule has 0 aliphatic heterocycles. The molecule has 0 heterocycles. The molecule has 0 fully saturated rings. The molecule has 0 bridgehead atoms. The van der Waals surface area contributed by atoms with Crippen molar-refractivity contribution >= 4 is 50.7 Å². The van der Waals surface area contributed by atoms with Crippen molar-refractivity contribution in [2.24, 2.45) is 0 Å². The number of methoxy groups -OCH3 is 2. The monoisotopic (exact) mass is 621 g/mol. The number of hydrogen-bond acceptors (Lipinski definition) is 6. The Bertz CT molecular complexity index is 1450. The quantitative estimate of drug-likeness (QED) is 0.283. The highest BCUT2D eigenvalue weighted by Crippen LogP contribution is 2.33. The number of anilines is 1. The molecule has 41 heavy (non-hydrogen) atoms. The Kier molecular flexibility index (Phi) is 11.3. The Hall–Kier alpha value is -3.47. The van der Waals surface area contributed by atoms with Gasteiger partial charge in [0.05, 0.1) is 24.8 Å². The maximum Gasteiger partial charge on any atom is 0.264 e. The van der Waals surface area contributed by atoms with Crippen molar-refractivity contribution in [2.45, 2.75) is 37.8 Å². The number of ether oxygens (including phenoxy) is 2. The number of para-hydroxylation sites is 1. The van der Waals surface area contributed by atoms with Crippen LogP contribution < -0.4 is 19.1 Å². The molecule has 220 valence electrons. The minimum absolute atomic E-state index is 0.105. The van der Waals surface area contributed by atoms with Crippen LogP contribution in [-0.2, 0) is 26.2 Å². The third kappa shape index (κ3) is 7.44. The number of sulfonamides is 1. The van der Waals surface area contributed by atoms with Crippen LogP contribution in [0.25, 0.3) is 0 Å². The Morgan fingerprint density at radius 1 is 0.902 bits per heavy atom. The van der Waals surface area contributed by atoms with Gasteiger partial charge < -0.3 is 19.7 Å². The van der Waals surface area contributed by atoms with Crippen LogP contribution in [-0.4, -0.2) is 58.5 Å². The molecule has 0 unspecified atom stereocenters. The Balaban J connectivity index is 2.11. The number of hydrogen-bond donors (Lipinski definition) is 1. The molecule has 3 rings (SSSR count). The van der Waals surface area contributed by atoms with Gasteiger partial charge in [-0.3, -0.25) is 13.9 Å². The van der Waals surface area contributed by atoms with Crippen LogP contribution in [0, 0.1) is 0 Å². The zero-order valence-electron chi connectivity index (χ0n) is 23.3. The van der Waals surface area contributed by atoms with Gasteiger partial charge in [0.15, 0.2) is 11.5 Å². The van der Waals surface area contributed by atoms with Crippen molar-refractivity contribution in [1.82, 2.24) is 10.2 Å². The summed E-state index contributed by atoms with van der Waals surface area (Å²) in [5.74, 6) is -0.429. The molecule has 1 atom stereocenters. The normalized spacial score (nSPS) is 11.9. The minimum atomic E-state index is -4.29. The van der Waals surface area contributed by atoms with Gasteiger partial charge in [0, 0.05) is 34.8 Å². The highest BCUT2D eigenvalue weighted by Gasteiger charge is 2.34. The number of nitrogens with one attached hydrogen (secondary N) is 1. The van der Waals surface area contributed by atoms with Crippen molar-refractivity contribution in [2.75, 3.05) is 31.6 Å². The Labute approximate surface area is 251 Å². The first-order chi connectivity index (χ1) is 19.6. The first kappa shape index (κ1) is 32.0. The van der Waals surface area contributed by atoms with Gasteiger partial charge in [-0.2, -0.15) is 0 Å². The predicted molar refractivity (Wildman–Crippen MR) is 160 cm³/mol. The zero-order chi connectivity index (χ0) is 30.2. The second-order valence-electron chi connectivity index (χ2n) is 8.90. The molecule has 0 aromatic heterocycles. The van der Waals surface area contributed by atoms with Gasteiger partial charge in [-0.25, -0.2) is 8.42 Å². The highest BCUT2D eigenvalue weighted by molar-refractivity contribution is 7.92. The van der Waals surface area contributed by atoms with E-state index in [-0.39, 0.29) is 35.2 Å². The number of amides is 2. The minimum Gasteiger partial charge on any atom is -0.493 e. The molecule has 0 aliphatic rings. The number of rotatable bonds is 13. The number of likely N-dealkylation sites (N-methyl/N-ethyl adjacent to an activating group) is 1. The molecular weight excluding hydrogens is 589 g/mol. The second kappa shape index (κ2) is 14.4. The van der Waals surface area contributed by atoms with Crippen molar-refractivity contribution < 1.29 is 27.5 Å². The van der Waals surface area contributed by atoms with Gasteiger partial charge in [-0.05, 0) is 49.7 Å². The summed E-state index contributed by atoms with van der Waals surface area (Å²) in [6.07, 6.45) is 0.271. The van der Waals surface area contributed by atoms with E-state index in [1.54, 1.807) is 62.4 Å². The van der Waals surface area contributed by atoms with Gasteiger partial charge in [0.1, 0.15) is 12.6 Å². The number of benzene rings is 3. The predicted octanol–water partition coefficient (Wildman–Crippen LogP) is 5.15. The van der Waals surface area contributed by atoms with E-state index in [0.29, 0.717) is 27.9 Å². The number of carbonyl (C=O) groups is 2. The summed E-state index contributed by atoms with van der Waals surface area (Å²) in [5, 5.41) is 3.39. The third-order valence-electron chi connectivity index (χ3n) is 6.39. The lowest BCUT2D eigenvalue weighted by atomic mass is 10.1. The zero-order valence-corrected chi connectivity index (χ0v) is 25.6. The number of halogens is 2. The summed E-state index contributed by atoms with van der Waals surface area (Å²) in [4.78, 5) is 28.3. The van der Waals surface area contributed by atoms with Gasteiger partial charge in [0.25, 0.3) is 10.0 Å². The molecule has 0 saturated carbocycles. The van der Waals surface area contributed by atoms with Crippen molar-refractivity contribution in [3.8, 4) is 11.5 Å². The first-order valence-electron chi connectivity index (χ1n) is 12.9. The largest absolute Gasteiger partial charge is 0.493 e. The van der Waals surface area contributed by atoms with Crippen molar-refractivity contribution in [3.05, 3.63) is 82.3 Å². The molecule has 3 aromatic carbocycles. The first-order valence-corrected chi connectivity index (χ1v) is 15.1. The fourth-order valence-corrected chi connectivity index (χ4v) is 6.24. The van der Waals surface area contributed by atoms with E-state index >= 15 is 0 Å². The van der Waals surface area contributed by atoms with Crippen LogP contribution in [0.1, 0.15) is 25.8 Å². The molecule has 1 N–H and O–H groups in total. The van der Waals surface area contributed by atoms with Crippen molar-refractivity contribution in [3.63, 3.8) is 0 Å². The summed E-state index contributed by atoms with van der Waals surface area (Å²) < 4.78 is 39.6. The van der Waals surface area contributed by atoms with E-state index in [0.717, 1.165) is 4.31 Å². The summed E-state index contributed by atoms with van der Waals surface area (Å²) in [7, 11) is -1.45. The van der Waals surface area contributed by atoms with E-state index in [1.807, 2.05) is 0 Å². The number of carbonyl (C=O) groups excluding carboxylic acids is 2. The van der Waals surface area contributed by atoms with Crippen LogP contribution in [0.5, 0.6) is 11.5 Å². The van der Waals surface area contributed by atoms with Crippen LogP contribution in [0.2, 0.25) is 10.0 Å². The Morgan fingerprint density at radius 3 is 2.10 bits per heavy atom. The standard InChI is InChI=1S/C29H33Cl2N3O6S/c1-5-25(29(36)32-6-2)33(18-22-23(30)13-10-14-24(22)31)28(35)19-34(20-11-8-7-9-12-20)41(37,38)21-15-16-26(39-3)27(17-21)40-4/h7-17,25H,5-6,18-19H2,1-4H3,(H,32,36)/t25-/m1/s1. The smallest absolute Gasteiger partial charge is 0.264 e. The van der Waals surface area contributed by atoms with Gasteiger partial charge >= 0.3 is 0 Å². The third-order valence-corrected chi connectivity index (χ3v) is 8.87. The summed E-state index contributed by atoms with van der Waals surface area (Å²) >= 11 is 12.8. The summed E-state index contributed by atoms with van der Waals surface area (Å²) in [6.45, 7) is 3.19. The van der Waals surface area contributed by atoms with E-state index < -0.39 is 28.5 Å².